The second-order valence-electron chi connectivity index (χ2n) is 4.47. The summed E-state index contributed by atoms with van der Waals surface area (Å²) in [6.45, 7) is 3.11. The molecule has 0 fully saturated rings. The first kappa shape index (κ1) is 21.7. The number of carbonyl (C=O) groups excluding carboxylic acids is 1. The van der Waals surface area contributed by atoms with Gasteiger partial charge in [-0.25, -0.2) is 4.98 Å². The lowest BCUT2D eigenvalue weighted by atomic mass is 10.1. The first-order valence-electron chi connectivity index (χ1n) is 5.76. The Morgan fingerprint density at radius 3 is 2.60 bits per heavy atom. The van der Waals surface area contributed by atoms with Crippen LogP contribution in [-0.2, 0) is 0 Å². The Kier molecular flexibility index (Phi) is 11.1. The normalized spacial score (nSPS) is 10.8. The Balaban J connectivity index is 0. The SMILES string of the molecule is CC(CN)CNC(=O)c1cc(Br)cnc1N(C)C.Cl.Cl. The molecule has 0 aromatic carbocycles. The van der Waals surface area contributed by atoms with Crippen LogP contribution in [0.5, 0.6) is 0 Å². The van der Waals surface area contributed by atoms with Crippen LogP contribution < -0.4 is 16.0 Å². The second-order valence-corrected chi connectivity index (χ2v) is 5.39. The highest BCUT2D eigenvalue weighted by Crippen LogP contribution is 2.19. The number of nitrogens with zero attached hydrogens (tertiary/aromatic N) is 2. The first-order valence-corrected chi connectivity index (χ1v) is 6.56. The minimum absolute atomic E-state index is 0. The molecule has 20 heavy (non-hydrogen) atoms. The smallest absolute Gasteiger partial charge is 0.255 e. The predicted molar refractivity (Wildman–Crippen MR) is 91.3 cm³/mol. The first-order chi connectivity index (χ1) is 8.45. The molecule has 0 aliphatic rings. The second kappa shape index (κ2) is 10.2. The van der Waals surface area contributed by atoms with Crippen molar-refractivity contribution in [1.29, 1.82) is 0 Å². The number of nitrogens with two attached hydrogens (primary N) is 1. The van der Waals surface area contributed by atoms with E-state index in [1.165, 1.54) is 0 Å². The van der Waals surface area contributed by atoms with Crippen LogP contribution in [0.15, 0.2) is 16.7 Å². The minimum atomic E-state index is -0.132. The van der Waals surface area contributed by atoms with E-state index in [2.05, 4.69) is 26.2 Å². The van der Waals surface area contributed by atoms with Crippen molar-refractivity contribution >= 4 is 52.5 Å². The molecule has 0 bridgehead atoms. The van der Waals surface area contributed by atoms with E-state index in [1.54, 1.807) is 12.3 Å². The van der Waals surface area contributed by atoms with Gasteiger partial charge in [0, 0.05) is 31.3 Å². The van der Waals surface area contributed by atoms with E-state index in [-0.39, 0.29) is 36.6 Å². The molecule has 1 aromatic rings. The van der Waals surface area contributed by atoms with E-state index >= 15 is 0 Å². The maximum Gasteiger partial charge on any atom is 0.255 e. The summed E-state index contributed by atoms with van der Waals surface area (Å²) >= 11 is 3.33. The molecular weight excluding hydrogens is 367 g/mol. The molecule has 0 radical (unpaired) electrons. The highest BCUT2D eigenvalue weighted by atomic mass is 79.9. The lowest BCUT2D eigenvalue weighted by Gasteiger charge is -2.17. The summed E-state index contributed by atoms with van der Waals surface area (Å²) in [7, 11) is 3.71. The highest BCUT2D eigenvalue weighted by molar-refractivity contribution is 9.10. The molecule has 0 aliphatic carbocycles. The summed E-state index contributed by atoms with van der Waals surface area (Å²) in [4.78, 5) is 18.2. The van der Waals surface area contributed by atoms with Gasteiger partial charge in [0.2, 0.25) is 0 Å². The topological polar surface area (TPSA) is 71.2 Å². The summed E-state index contributed by atoms with van der Waals surface area (Å²) in [6.07, 6.45) is 1.68. The van der Waals surface area contributed by atoms with Crippen molar-refractivity contribution in [3.8, 4) is 0 Å². The zero-order valence-corrected chi connectivity index (χ0v) is 14.9. The van der Waals surface area contributed by atoms with Crippen molar-refractivity contribution in [2.45, 2.75) is 6.92 Å². The molecule has 116 valence electrons. The van der Waals surface area contributed by atoms with Gasteiger partial charge in [-0.05, 0) is 34.5 Å². The summed E-state index contributed by atoms with van der Waals surface area (Å²) < 4.78 is 0.783. The molecule has 1 unspecified atom stereocenters. The Labute approximate surface area is 140 Å². The average molecular weight is 388 g/mol. The number of anilines is 1. The van der Waals surface area contributed by atoms with Crippen LogP contribution in [0.1, 0.15) is 17.3 Å². The third-order valence-corrected chi connectivity index (χ3v) is 2.95. The Bertz CT molecular complexity index is 432. The fourth-order valence-corrected chi connectivity index (χ4v) is 1.73. The maximum absolute atomic E-state index is 12.1. The lowest BCUT2D eigenvalue weighted by Crippen LogP contribution is -2.32. The summed E-state index contributed by atoms with van der Waals surface area (Å²) in [5.74, 6) is 0.778. The monoisotopic (exact) mass is 386 g/mol. The largest absolute Gasteiger partial charge is 0.362 e. The van der Waals surface area contributed by atoms with Gasteiger partial charge in [-0.2, -0.15) is 0 Å². The molecule has 0 saturated heterocycles. The number of halogens is 3. The molecular formula is C12H21BrCl2N4O. The Morgan fingerprint density at radius 1 is 1.50 bits per heavy atom. The van der Waals surface area contributed by atoms with E-state index < -0.39 is 0 Å². The summed E-state index contributed by atoms with van der Waals surface area (Å²) in [5.41, 5.74) is 6.07. The predicted octanol–water partition coefficient (Wildman–Crippen LogP) is 2.08. The fraction of sp³-hybridized carbons (Fsp3) is 0.500. The molecule has 0 saturated carbocycles. The number of pyridine rings is 1. The van der Waals surface area contributed by atoms with Crippen LogP contribution in [0.2, 0.25) is 0 Å². The summed E-state index contributed by atoms with van der Waals surface area (Å²) in [5, 5.41) is 2.87. The molecule has 0 spiro atoms. The molecule has 8 heteroatoms. The van der Waals surface area contributed by atoms with Gasteiger partial charge in [-0.3, -0.25) is 4.79 Å². The third-order valence-electron chi connectivity index (χ3n) is 2.51. The van der Waals surface area contributed by atoms with Crippen LogP contribution in [0, 0.1) is 5.92 Å². The van der Waals surface area contributed by atoms with Crippen LogP contribution in [0.25, 0.3) is 0 Å². The molecule has 3 N–H and O–H groups in total. The molecule has 0 aliphatic heterocycles. The van der Waals surface area contributed by atoms with Gasteiger partial charge in [0.05, 0.1) is 5.56 Å². The highest BCUT2D eigenvalue weighted by Gasteiger charge is 2.15. The lowest BCUT2D eigenvalue weighted by molar-refractivity contribution is 0.0948. The Morgan fingerprint density at radius 2 is 2.10 bits per heavy atom. The minimum Gasteiger partial charge on any atom is -0.362 e. The number of nitrogens with one attached hydrogen (secondary N) is 1. The van der Waals surface area contributed by atoms with Crippen LogP contribution in [-0.4, -0.2) is 38.1 Å². The van der Waals surface area contributed by atoms with E-state index in [0.29, 0.717) is 24.5 Å². The van der Waals surface area contributed by atoms with Crippen LogP contribution in [0.3, 0.4) is 0 Å². The number of hydrogen-bond donors (Lipinski definition) is 2. The molecule has 1 amide bonds. The number of amides is 1. The molecule has 1 aromatic heterocycles. The molecule has 1 heterocycles. The Hall–Kier alpha value is -0.560. The quantitative estimate of drug-likeness (QED) is 0.811. The zero-order chi connectivity index (χ0) is 13.7. The van der Waals surface area contributed by atoms with E-state index in [9.17, 15) is 4.79 Å². The number of aromatic nitrogens is 1. The van der Waals surface area contributed by atoms with Gasteiger partial charge >= 0.3 is 0 Å². The van der Waals surface area contributed by atoms with Crippen molar-refractivity contribution in [2.75, 3.05) is 32.1 Å². The standard InChI is InChI=1S/C12H19BrN4O.2ClH/c1-8(5-14)6-16-12(18)10-4-9(13)7-15-11(10)17(2)3;;/h4,7-8H,5-6,14H2,1-3H3,(H,16,18);2*1H. The van der Waals surface area contributed by atoms with Gasteiger partial charge in [-0.15, -0.1) is 24.8 Å². The third kappa shape index (κ3) is 6.26. The van der Waals surface area contributed by atoms with Crippen molar-refractivity contribution in [3.05, 3.63) is 22.3 Å². The van der Waals surface area contributed by atoms with E-state index in [4.69, 9.17) is 5.73 Å². The van der Waals surface area contributed by atoms with Gasteiger partial charge in [0.25, 0.3) is 5.91 Å². The average Bonchev–Trinajstić information content (AvgIpc) is 2.34. The van der Waals surface area contributed by atoms with Gasteiger partial charge in [0.15, 0.2) is 0 Å². The van der Waals surface area contributed by atoms with Crippen molar-refractivity contribution in [2.24, 2.45) is 11.7 Å². The maximum atomic E-state index is 12.1. The molecule has 1 atom stereocenters. The van der Waals surface area contributed by atoms with Crippen molar-refractivity contribution in [3.63, 3.8) is 0 Å². The molecule has 1 rings (SSSR count). The van der Waals surface area contributed by atoms with Crippen molar-refractivity contribution in [1.82, 2.24) is 10.3 Å². The van der Waals surface area contributed by atoms with Crippen LogP contribution in [0.4, 0.5) is 5.82 Å². The number of carbonyl (C=O) groups is 1. The van der Waals surface area contributed by atoms with Gasteiger partial charge in [0.1, 0.15) is 5.82 Å². The van der Waals surface area contributed by atoms with E-state index in [0.717, 1.165) is 4.47 Å². The number of hydrogen-bond acceptors (Lipinski definition) is 4. The van der Waals surface area contributed by atoms with Gasteiger partial charge < -0.3 is 16.0 Å². The summed E-state index contributed by atoms with van der Waals surface area (Å²) in [6, 6.07) is 1.77. The van der Waals surface area contributed by atoms with Gasteiger partial charge in [-0.1, -0.05) is 6.92 Å². The molecule has 5 nitrogen and oxygen atoms in total. The fourth-order valence-electron chi connectivity index (χ4n) is 1.40. The van der Waals surface area contributed by atoms with Crippen molar-refractivity contribution < 1.29 is 4.79 Å². The number of rotatable bonds is 5. The van der Waals surface area contributed by atoms with Crippen LogP contribution >= 0.6 is 40.7 Å². The zero-order valence-electron chi connectivity index (χ0n) is 11.7. The van der Waals surface area contributed by atoms with E-state index in [1.807, 2.05) is 25.9 Å².